The lowest BCUT2D eigenvalue weighted by Gasteiger charge is -2.00. The number of carboxylic acid groups (broad SMARTS) is 1. The molecule has 0 aliphatic carbocycles. The Morgan fingerprint density at radius 2 is 2.19 bits per heavy atom. The fourth-order valence-electron chi connectivity index (χ4n) is 1.44. The van der Waals surface area contributed by atoms with Gasteiger partial charge in [-0.1, -0.05) is 12.6 Å². The van der Waals surface area contributed by atoms with Crippen LogP contribution in [0.5, 0.6) is 0 Å². The van der Waals surface area contributed by atoms with Gasteiger partial charge < -0.3 is 9.52 Å². The van der Waals surface area contributed by atoms with Crippen LogP contribution in [0.25, 0.3) is 16.7 Å². The summed E-state index contributed by atoms with van der Waals surface area (Å²) in [6.07, 6.45) is 0. The van der Waals surface area contributed by atoms with Gasteiger partial charge in [0, 0.05) is 7.05 Å². The number of fused-ring (bicyclic) bond motifs is 1. The fraction of sp³-hybridized carbons (Fsp3) is 0.0909. The van der Waals surface area contributed by atoms with Gasteiger partial charge >= 0.3 is 11.7 Å². The minimum atomic E-state index is -1.09. The average molecular weight is 219 g/mol. The summed E-state index contributed by atoms with van der Waals surface area (Å²) in [6.45, 7) is 3.45. The normalized spacial score (nSPS) is 10.6. The number of oxazole rings is 1. The summed E-state index contributed by atoms with van der Waals surface area (Å²) < 4.78 is 6.24. The molecule has 0 amide bonds. The zero-order chi connectivity index (χ0) is 11.9. The maximum Gasteiger partial charge on any atom is 0.419 e. The molecule has 0 unspecified atom stereocenters. The van der Waals surface area contributed by atoms with Crippen molar-refractivity contribution in [1.82, 2.24) is 4.57 Å². The highest BCUT2D eigenvalue weighted by Gasteiger charge is 2.11. The molecule has 1 N–H and O–H groups in total. The summed E-state index contributed by atoms with van der Waals surface area (Å²) in [4.78, 5) is 21.9. The molecule has 1 heterocycles. The first-order chi connectivity index (χ1) is 7.50. The van der Waals surface area contributed by atoms with Gasteiger partial charge in [0.15, 0.2) is 5.58 Å². The third-order valence-electron chi connectivity index (χ3n) is 2.40. The van der Waals surface area contributed by atoms with E-state index < -0.39 is 11.7 Å². The lowest BCUT2D eigenvalue weighted by Crippen LogP contribution is -2.08. The molecular weight excluding hydrogens is 210 g/mol. The summed E-state index contributed by atoms with van der Waals surface area (Å²) in [7, 11) is 1.56. The van der Waals surface area contributed by atoms with Gasteiger partial charge in [0.1, 0.15) is 0 Å². The Bertz CT molecular complexity index is 648. The molecule has 82 valence electrons. The predicted molar refractivity (Wildman–Crippen MR) is 58.1 cm³/mol. The molecule has 0 atom stereocenters. The van der Waals surface area contributed by atoms with Gasteiger partial charge in [-0.2, -0.15) is 0 Å². The van der Waals surface area contributed by atoms with Crippen molar-refractivity contribution in [2.45, 2.75) is 0 Å². The van der Waals surface area contributed by atoms with Crippen molar-refractivity contribution in [3.63, 3.8) is 0 Å². The molecule has 0 radical (unpaired) electrons. The smallest absolute Gasteiger partial charge is 0.419 e. The molecule has 1 aromatic heterocycles. The first-order valence-electron chi connectivity index (χ1n) is 4.53. The van der Waals surface area contributed by atoms with Crippen LogP contribution in [0.3, 0.4) is 0 Å². The van der Waals surface area contributed by atoms with Crippen LogP contribution in [-0.2, 0) is 11.8 Å². The zero-order valence-corrected chi connectivity index (χ0v) is 8.56. The number of aromatic nitrogens is 1. The minimum absolute atomic E-state index is 0.0180. The Morgan fingerprint density at radius 3 is 2.81 bits per heavy atom. The lowest BCUT2D eigenvalue weighted by molar-refractivity contribution is -0.130. The molecule has 2 rings (SSSR count). The first kappa shape index (κ1) is 10.2. The Kier molecular flexibility index (Phi) is 2.16. The summed E-state index contributed by atoms with van der Waals surface area (Å²) in [5.41, 5.74) is 1.41. The number of hydrogen-bond donors (Lipinski definition) is 1. The summed E-state index contributed by atoms with van der Waals surface area (Å²) in [5.74, 6) is -1.57. The van der Waals surface area contributed by atoms with Crippen LogP contribution in [0.2, 0.25) is 0 Å². The molecule has 5 nitrogen and oxygen atoms in total. The number of carboxylic acids is 1. The molecule has 2 aromatic rings. The standard InChI is InChI=1S/C11H9NO4/c1-6(10(13)14)7-3-4-9-8(5-7)12(2)11(15)16-9/h3-5H,1H2,2H3,(H,13,14). The van der Waals surface area contributed by atoms with Crippen LogP contribution >= 0.6 is 0 Å². The van der Waals surface area contributed by atoms with Crippen LogP contribution < -0.4 is 5.76 Å². The topological polar surface area (TPSA) is 72.4 Å². The van der Waals surface area contributed by atoms with Gasteiger partial charge in [0.2, 0.25) is 0 Å². The van der Waals surface area contributed by atoms with Gasteiger partial charge in [0.05, 0.1) is 11.1 Å². The van der Waals surface area contributed by atoms with Gasteiger partial charge in [-0.25, -0.2) is 9.59 Å². The fourth-order valence-corrected chi connectivity index (χ4v) is 1.44. The van der Waals surface area contributed by atoms with Crippen molar-refractivity contribution in [3.8, 4) is 0 Å². The van der Waals surface area contributed by atoms with E-state index in [0.29, 0.717) is 16.7 Å². The Labute approximate surface area is 90.2 Å². The molecule has 0 spiro atoms. The average Bonchev–Trinajstić information content (AvgIpc) is 2.53. The molecule has 0 bridgehead atoms. The molecule has 0 fully saturated rings. The lowest BCUT2D eigenvalue weighted by atomic mass is 10.1. The molecule has 0 saturated carbocycles. The maximum absolute atomic E-state index is 11.2. The Hall–Kier alpha value is -2.30. The largest absolute Gasteiger partial charge is 0.478 e. The predicted octanol–water partition coefficient (Wildman–Crippen LogP) is 1.23. The van der Waals surface area contributed by atoms with E-state index in [-0.39, 0.29) is 5.57 Å². The van der Waals surface area contributed by atoms with Crippen LogP contribution in [0.4, 0.5) is 0 Å². The van der Waals surface area contributed by atoms with Crippen molar-refractivity contribution in [2.24, 2.45) is 7.05 Å². The van der Waals surface area contributed by atoms with Gasteiger partial charge in [-0.05, 0) is 17.7 Å². The van der Waals surface area contributed by atoms with Crippen LogP contribution in [0.1, 0.15) is 5.56 Å². The quantitative estimate of drug-likeness (QED) is 0.771. The van der Waals surface area contributed by atoms with E-state index in [0.717, 1.165) is 0 Å². The molecule has 5 heteroatoms. The molecule has 16 heavy (non-hydrogen) atoms. The second-order valence-electron chi connectivity index (χ2n) is 3.39. The second kappa shape index (κ2) is 3.37. The molecule has 0 aliphatic rings. The number of hydrogen-bond acceptors (Lipinski definition) is 3. The monoisotopic (exact) mass is 219 g/mol. The van der Waals surface area contributed by atoms with Gasteiger partial charge in [0.25, 0.3) is 0 Å². The number of aliphatic carboxylic acids is 1. The van der Waals surface area contributed by atoms with E-state index in [1.165, 1.54) is 4.57 Å². The highest BCUT2D eigenvalue weighted by Crippen LogP contribution is 2.19. The van der Waals surface area contributed by atoms with Crippen LogP contribution in [-0.4, -0.2) is 15.6 Å². The Morgan fingerprint density at radius 1 is 1.50 bits per heavy atom. The molecule has 0 saturated heterocycles. The van der Waals surface area contributed by atoms with Crippen molar-refractivity contribution in [2.75, 3.05) is 0 Å². The summed E-state index contributed by atoms with van der Waals surface area (Å²) >= 11 is 0. The van der Waals surface area contributed by atoms with E-state index in [2.05, 4.69) is 6.58 Å². The first-order valence-corrected chi connectivity index (χ1v) is 4.53. The van der Waals surface area contributed by atoms with E-state index in [1.54, 1.807) is 25.2 Å². The number of carbonyl (C=O) groups is 1. The number of benzene rings is 1. The van der Waals surface area contributed by atoms with Crippen molar-refractivity contribution >= 4 is 22.6 Å². The third kappa shape index (κ3) is 1.42. The molecule has 1 aromatic carbocycles. The molecule has 0 aliphatic heterocycles. The highest BCUT2D eigenvalue weighted by molar-refractivity contribution is 6.14. The third-order valence-corrected chi connectivity index (χ3v) is 2.40. The zero-order valence-electron chi connectivity index (χ0n) is 8.56. The van der Waals surface area contributed by atoms with Crippen LogP contribution in [0.15, 0.2) is 34.0 Å². The summed E-state index contributed by atoms with van der Waals surface area (Å²) in [5, 5.41) is 8.79. The van der Waals surface area contributed by atoms with E-state index in [1.807, 2.05) is 0 Å². The van der Waals surface area contributed by atoms with Crippen molar-refractivity contribution < 1.29 is 14.3 Å². The van der Waals surface area contributed by atoms with Crippen LogP contribution in [0, 0.1) is 0 Å². The summed E-state index contributed by atoms with van der Waals surface area (Å²) in [6, 6.07) is 4.68. The number of aryl methyl sites for hydroxylation is 1. The maximum atomic E-state index is 11.2. The minimum Gasteiger partial charge on any atom is -0.478 e. The molecular formula is C11H9NO4. The number of rotatable bonds is 2. The van der Waals surface area contributed by atoms with Gasteiger partial charge in [-0.3, -0.25) is 4.57 Å². The SMILES string of the molecule is C=C(C(=O)O)c1ccc2oc(=O)n(C)c2c1. The number of nitrogens with zero attached hydrogens (tertiary/aromatic N) is 1. The van der Waals surface area contributed by atoms with Crippen molar-refractivity contribution in [1.29, 1.82) is 0 Å². The second-order valence-corrected chi connectivity index (χ2v) is 3.39. The van der Waals surface area contributed by atoms with E-state index in [4.69, 9.17) is 9.52 Å². The van der Waals surface area contributed by atoms with E-state index >= 15 is 0 Å². The van der Waals surface area contributed by atoms with Gasteiger partial charge in [-0.15, -0.1) is 0 Å². The Balaban J connectivity index is 2.68. The highest BCUT2D eigenvalue weighted by atomic mass is 16.4. The van der Waals surface area contributed by atoms with Crippen molar-refractivity contribution in [3.05, 3.63) is 40.9 Å². The van der Waals surface area contributed by atoms with E-state index in [9.17, 15) is 9.59 Å².